The first kappa shape index (κ1) is 14.6. The van der Waals surface area contributed by atoms with Crippen LogP contribution in [0, 0.1) is 0 Å². The third-order valence-electron chi connectivity index (χ3n) is 1.64. The van der Waals surface area contributed by atoms with E-state index in [9.17, 15) is 9.59 Å². The maximum absolute atomic E-state index is 10.5. The lowest BCUT2D eigenvalue weighted by Gasteiger charge is -2.09. The number of hydrogen-bond donors (Lipinski definition) is 4. The van der Waals surface area contributed by atoms with Crippen LogP contribution in [0.3, 0.4) is 0 Å². The van der Waals surface area contributed by atoms with E-state index in [1.54, 1.807) is 0 Å². The molecule has 0 aliphatic heterocycles. The number of nitrogens with one attached hydrogen (secondary N) is 3. The van der Waals surface area contributed by atoms with Gasteiger partial charge in [0.1, 0.15) is 0 Å². The molecule has 16 heavy (non-hydrogen) atoms. The van der Waals surface area contributed by atoms with Gasteiger partial charge in [0.15, 0.2) is 5.11 Å². The van der Waals surface area contributed by atoms with Gasteiger partial charge in [-0.05, 0) is 18.6 Å². The second-order valence-corrected chi connectivity index (χ2v) is 3.57. The SMILES string of the molecule is CC(=O)NCCNC(=S)NCCCC(=O)O. The highest BCUT2D eigenvalue weighted by atomic mass is 32.1. The normalized spacial score (nSPS) is 9.31. The van der Waals surface area contributed by atoms with Crippen LogP contribution in [0.5, 0.6) is 0 Å². The second-order valence-electron chi connectivity index (χ2n) is 3.16. The predicted octanol–water partition coefficient (Wildman–Crippen LogP) is -0.549. The molecule has 0 spiro atoms. The number of carboxylic acids is 1. The first-order valence-electron chi connectivity index (χ1n) is 5.00. The molecule has 4 N–H and O–H groups in total. The molecule has 0 saturated carbocycles. The topological polar surface area (TPSA) is 90.5 Å². The average Bonchev–Trinajstić information content (AvgIpc) is 2.19. The van der Waals surface area contributed by atoms with E-state index in [0.29, 0.717) is 31.2 Å². The maximum Gasteiger partial charge on any atom is 0.303 e. The van der Waals surface area contributed by atoms with Crippen LogP contribution in [0.1, 0.15) is 19.8 Å². The first-order valence-corrected chi connectivity index (χ1v) is 5.41. The summed E-state index contributed by atoms with van der Waals surface area (Å²) in [6, 6.07) is 0. The van der Waals surface area contributed by atoms with Gasteiger partial charge in [0.05, 0.1) is 0 Å². The zero-order valence-electron chi connectivity index (χ0n) is 9.21. The molecule has 0 saturated heterocycles. The van der Waals surface area contributed by atoms with Crippen LogP contribution in [0.15, 0.2) is 0 Å². The van der Waals surface area contributed by atoms with Crippen LogP contribution in [0.4, 0.5) is 0 Å². The Balaban J connectivity index is 3.31. The molecule has 0 aromatic rings. The highest BCUT2D eigenvalue weighted by Crippen LogP contribution is 1.85. The van der Waals surface area contributed by atoms with E-state index in [4.69, 9.17) is 17.3 Å². The molecule has 6 nitrogen and oxygen atoms in total. The van der Waals surface area contributed by atoms with Crippen molar-refractivity contribution in [3.8, 4) is 0 Å². The first-order chi connectivity index (χ1) is 7.52. The van der Waals surface area contributed by atoms with Gasteiger partial charge in [-0.15, -0.1) is 0 Å². The Bertz CT molecular complexity index is 234. The summed E-state index contributed by atoms with van der Waals surface area (Å²) in [7, 11) is 0. The molecule has 0 aromatic carbocycles. The van der Waals surface area contributed by atoms with Crippen molar-refractivity contribution in [3.63, 3.8) is 0 Å². The van der Waals surface area contributed by atoms with E-state index in [2.05, 4.69) is 16.0 Å². The van der Waals surface area contributed by atoms with Crippen LogP contribution in [0.2, 0.25) is 0 Å². The fraction of sp³-hybridized carbons (Fsp3) is 0.667. The molecule has 0 aromatic heterocycles. The van der Waals surface area contributed by atoms with Gasteiger partial charge in [-0.2, -0.15) is 0 Å². The van der Waals surface area contributed by atoms with E-state index in [1.165, 1.54) is 6.92 Å². The summed E-state index contributed by atoms with van der Waals surface area (Å²) in [6.45, 7) is 3.03. The van der Waals surface area contributed by atoms with E-state index in [1.807, 2.05) is 0 Å². The molecule has 0 rings (SSSR count). The number of amides is 1. The maximum atomic E-state index is 10.5. The number of hydrogen-bond acceptors (Lipinski definition) is 3. The van der Waals surface area contributed by atoms with Crippen molar-refractivity contribution < 1.29 is 14.7 Å². The highest BCUT2D eigenvalue weighted by Gasteiger charge is 1.98. The third kappa shape index (κ3) is 10.7. The van der Waals surface area contributed by atoms with Crippen LogP contribution in [-0.4, -0.2) is 41.7 Å². The molecular weight excluding hydrogens is 230 g/mol. The van der Waals surface area contributed by atoms with Gasteiger partial charge in [-0.25, -0.2) is 0 Å². The predicted molar refractivity (Wildman–Crippen MR) is 64.2 cm³/mol. The summed E-state index contributed by atoms with van der Waals surface area (Å²) in [6.07, 6.45) is 0.657. The minimum Gasteiger partial charge on any atom is -0.481 e. The van der Waals surface area contributed by atoms with Crippen molar-refractivity contribution in [2.24, 2.45) is 0 Å². The van der Waals surface area contributed by atoms with E-state index in [-0.39, 0.29) is 12.3 Å². The molecule has 0 radical (unpaired) electrons. The molecule has 1 amide bonds. The highest BCUT2D eigenvalue weighted by molar-refractivity contribution is 7.80. The summed E-state index contributed by atoms with van der Waals surface area (Å²) in [5, 5.41) is 17.2. The zero-order valence-corrected chi connectivity index (χ0v) is 10.0. The van der Waals surface area contributed by atoms with Crippen LogP contribution in [-0.2, 0) is 9.59 Å². The van der Waals surface area contributed by atoms with E-state index >= 15 is 0 Å². The lowest BCUT2D eigenvalue weighted by Crippen LogP contribution is -2.40. The molecule has 0 bridgehead atoms. The Morgan fingerprint density at radius 2 is 1.69 bits per heavy atom. The molecule has 0 atom stereocenters. The number of rotatable bonds is 7. The molecular formula is C9H17N3O3S. The third-order valence-corrected chi connectivity index (χ3v) is 1.93. The molecule has 0 heterocycles. The number of carbonyl (C=O) groups is 2. The second kappa shape index (κ2) is 8.90. The van der Waals surface area contributed by atoms with Gasteiger partial charge in [0.2, 0.25) is 5.91 Å². The van der Waals surface area contributed by atoms with Gasteiger partial charge in [0.25, 0.3) is 0 Å². The zero-order chi connectivity index (χ0) is 12.4. The van der Waals surface area contributed by atoms with Crippen LogP contribution in [0.25, 0.3) is 0 Å². The van der Waals surface area contributed by atoms with Crippen molar-refractivity contribution in [1.29, 1.82) is 0 Å². The smallest absolute Gasteiger partial charge is 0.303 e. The van der Waals surface area contributed by atoms with E-state index < -0.39 is 5.97 Å². The molecule has 0 fully saturated rings. The Morgan fingerprint density at radius 3 is 2.25 bits per heavy atom. The van der Waals surface area contributed by atoms with Crippen LogP contribution < -0.4 is 16.0 Å². The lowest BCUT2D eigenvalue weighted by molar-refractivity contribution is -0.137. The number of carboxylic acid groups (broad SMARTS) is 1. The molecule has 0 aliphatic carbocycles. The molecule has 0 unspecified atom stereocenters. The van der Waals surface area contributed by atoms with Crippen LogP contribution >= 0.6 is 12.2 Å². The number of carbonyl (C=O) groups excluding carboxylic acids is 1. The molecule has 0 aliphatic rings. The van der Waals surface area contributed by atoms with Crippen molar-refractivity contribution in [3.05, 3.63) is 0 Å². The minimum absolute atomic E-state index is 0.0814. The van der Waals surface area contributed by atoms with Crippen molar-refractivity contribution in [2.45, 2.75) is 19.8 Å². The lowest BCUT2D eigenvalue weighted by atomic mass is 10.3. The number of aliphatic carboxylic acids is 1. The van der Waals surface area contributed by atoms with Crippen molar-refractivity contribution >= 4 is 29.2 Å². The monoisotopic (exact) mass is 247 g/mol. The van der Waals surface area contributed by atoms with Gasteiger partial charge >= 0.3 is 5.97 Å². The fourth-order valence-corrected chi connectivity index (χ4v) is 1.12. The summed E-state index contributed by atoms with van der Waals surface area (Å²) in [5.74, 6) is -0.895. The molecule has 7 heteroatoms. The molecule has 92 valence electrons. The van der Waals surface area contributed by atoms with Gasteiger partial charge in [-0.3, -0.25) is 9.59 Å². The Hall–Kier alpha value is -1.37. The van der Waals surface area contributed by atoms with Gasteiger partial charge < -0.3 is 21.1 Å². The Morgan fingerprint density at radius 1 is 1.12 bits per heavy atom. The largest absolute Gasteiger partial charge is 0.481 e. The quantitative estimate of drug-likeness (QED) is 0.356. The fourth-order valence-electron chi connectivity index (χ4n) is 0.919. The van der Waals surface area contributed by atoms with Gasteiger partial charge in [-0.1, -0.05) is 0 Å². The van der Waals surface area contributed by atoms with Gasteiger partial charge in [0, 0.05) is 33.0 Å². The van der Waals surface area contributed by atoms with Crippen molar-refractivity contribution in [2.75, 3.05) is 19.6 Å². The standard InChI is InChI=1S/C9H17N3O3S/c1-7(13)10-5-6-12-9(16)11-4-2-3-8(14)15/h2-6H2,1H3,(H,10,13)(H,14,15)(H2,11,12,16). The Kier molecular flexibility index (Phi) is 8.14. The minimum atomic E-state index is -0.814. The summed E-state index contributed by atoms with van der Waals surface area (Å²) in [4.78, 5) is 20.7. The summed E-state index contributed by atoms with van der Waals surface area (Å²) >= 11 is 4.93. The Labute approximate surface area is 99.8 Å². The van der Waals surface area contributed by atoms with E-state index in [0.717, 1.165) is 0 Å². The summed E-state index contributed by atoms with van der Waals surface area (Å²) in [5.41, 5.74) is 0. The average molecular weight is 247 g/mol. The summed E-state index contributed by atoms with van der Waals surface area (Å²) < 4.78 is 0. The number of thiocarbonyl (C=S) groups is 1. The van der Waals surface area contributed by atoms with Crippen molar-refractivity contribution in [1.82, 2.24) is 16.0 Å².